The van der Waals surface area contributed by atoms with Crippen molar-refractivity contribution in [1.29, 1.82) is 0 Å². The summed E-state index contributed by atoms with van der Waals surface area (Å²) >= 11 is 3.96. The number of H-pyrrole nitrogens is 1. The van der Waals surface area contributed by atoms with Crippen LogP contribution in [-0.4, -0.2) is 85.7 Å². The van der Waals surface area contributed by atoms with E-state index in [1.165, 1.54) is 12.5 Å². The maximum atomic E-state index is 12.7. The highest BCUT2D eigenvalue weighted by atomic mass is 32.1. The van der Waals surface area contributed by atoms with Crippen LogP contribution in [0, 0.1) is 0 Å². The lowest BCUT2D eigenvalue weighted by atomic mass is 10.1. The van der Waals surface area contributed by atoms with E-state index in [2.05, 4.69) is 38.5 Å². The van der Waals surface area contributed by atoms with Gasteiger partial charge in [-0.25, -0.2) is 9.78 Å². The molecule has 188 valence electrons. The van der Waals surface area contributed by atoms with Crippen molar-refractivity contribution in [3.05, 3.63) is 18.2 Å². The number of carboxylic acids is 2. The SMILES string of the molecule is NC(=O)CCC(NC(=O)C(CS)NC(=O)C(N)CC(=O)O)C(=O)NC(Cc1cnc[nH]1)C(=O)O. The van der Waals surface area contributed by atoms with Crippen LogP contribution in [0.3, 0.4) is 0 Å². The fourth-order valence-electron chi connectivity index (χ4n) is 2.67. The number of carbonyl (C=O) groups excluding carboxylic acids is 4. The molecule has 1 aromatic rings. The number of primary amides is 1. The minimum atomic E-state index is -1.43. The average Bonchev–Trinajstić information content (AvgIpc) is 3.26. The van der Waals surface area contributed by atoms with Gasteiger partial charge < -0.3 is 42.6 Å². The highest BCUT2D eigenvalue weighted by molar-refractivity contribution is 7.80. The second-order valence-corrected chi connectivity index (χ2v) is 7.56. The third-order valence-corrected chi connectivity index (χ3v) is 4.82. The molecular formula is C18H27N7O8S. The molecule has 4 atom stereocenters. The molecule has 1 heterocycles. The maximum absolute atomic E-state index is 12.7. The van der Waals surface area contributed by atoms with Crippen LogP contribution in [0.1, 0.15) is 25.0 Å². The van der Waals surface area contributed by atoms with E-state index in [0.717, 1.165) is 0 Å². The molecule has 15 nitrogen and oxygen atoms in total. The normalized spacial score (nSPS) is 14.2. The molecule has 1 aromatic heterocycles. The number of carbonyl (C=O) groups is 6. The van der Waals surface area contributed by atoms with E-state index in [-0.39, 0.29) is 25.0 Å². The predicted octanol–water partition coefficient (Wildman–Crippen LogP) is -3.51. The van der Waals surface area contributed by atoms with Gasteiger partial charge in [-0.05, 0) is 6.42 Å². The van der Waals surface area contributed by atoms with Gasteiger partial charge in [0.2, 0.25) is 23.6 Å². The zero-order chi connectivity index (χ0) is 25.8. The van der Waals surface area contributed by atoms with Crippen LogP contribution in [0.5, 0.6) is 0 Å². The number of nitrogens with one attached hydrogen (secondary N) is 4. The summed E-state index contributed by atoms with van der Waals surface area (Å²) < 4.78 is 0. The molecular weight excluding hydrogens is 474 g/mol. The number of aliphatic carboxylic acids is 2. The number of nitrogens with zero attached hydrogens (tertiary/aromatic N) is 1. The van der Waals surface area contributed by atoms with Gasteiger partial charge >= 0.3 is 11.9 Å². The summed E-state index contributed by atoms with van der Waals surface area (Å²) in [5.74, 6) is -6.40. The highest BCUT2D eigenvalue weighted by Gasteiger charge is 2.30. The Balaban J connectivity index is 2.90. The van der Waals surface area contributed by atoms with Gasteiger partial charge in [0, 0.05) is 30.5 Å². The molecule has 0 saturated heterocycles. The molecule has 0 bridgehead atoms. The topological polar surface area (TPSA) is 260 Å². The summed E-state index contributed by atoms with van der Waals surface area (Å²) in [6, 6.07) is -5.49. The van der Waals surface area contributed by atoms with Crippen molar-refractivity contribution >= 4 is 48.2 Å². The van der Waals surface area contributed by atoms with E-state index >= 15 is 0 Å². The summed E-state index contributed by atoms with van der Waals surface area (Å²) in [7, 11) is 0. The smallest absolute Gasteiger partial charge is 0.326 e. The molecule has 34 heavy (non-hydrogen) atoms. The third-order valence-electron chi connectivity index (χ3n) is 4.45. The Kier molecular flexibility index (Phi) is 11.5. The summed E-state index contributed by atoms with van der Waals surface area (Å²) in [5, 5.41) is 25.0. The maximum Gasteiger partial charge on any atom is 0.326 e. The average molecular weight is 502 g/mol. The first-order valence-corrected chi connectivity index (χ1v) is 10.6. The summed E-state index contributed by atoms with van der Waals surface area (Å²) in [6.07, 6.45) is 1.34. The number of amides is 4. The summed E-state index contributed by atoms with van der Waals surface area (Å²) in [4.78, 5) is 77.3. The second kappa shape index (κ2) is 13.8. The van der Waals surface area contributed by atoms with Crippen molar-refractivity contribution in [2.75, 3.05) is 5.75 Å². The minimum absolute atomic E-state index is 0.131. The molecule has 0 radical (unpaired) electrons. The fourth-order valence-corrected chi connectivity index (χ4v) is 2.93. The van der Waals surface area contributed by atoms with Gasteiger partial charge in [-0.15, -0.1) is 0 Å². The number of nitrogens with two attached hydrogens (primary N) is 2. The highest BCUT2D eigenvalue weighted by Crippen LogP contribution is 2.04. The summed E-state index contributed by atoms with van der Waals surface area (Å²) in [5.41, 5.74) is 11.0. The molecule has 0 aliphatic carbocycles. The Morgan fingerprint density at radius 3 is 2.09 bits per heavy atom. The zero-order valence-electron chi connectivity index (χ0n) is 17.9. The molecule has 0 aliphatic rings. The number of carboxylic acid groups (broad SMARTS) is 2. The van der Waals surface area contributed by atoms with Crippen LogP contribution in [0.4, 0.5) is 0 Å². The lowest BCUT2D eigenvalue weighted by Crippen LogP contribution is -2.58. The number of hydrogen-bond donors (Lipinski definition) is 9. The van der Waals surface area contributed by atoms with Crippen LogP contribution in [0.15, 0.2) is 12.5 Å². The monoisotopic (exact) mass is 501 g/mol. The molecule has 10 N–H and O–H groups in total. The Bertz CT molecular complexity index is 895. The number of aromatic amines is 1. The van der Waals surface area contributed by atoms with Crippen molar-refractivity contribution in [3.8, 4) is 0 Å². The zero-order valence-corrected chi connectivity index (χ0v) is 18.8. The van der Waals surface area contributed by atoms with Crippen LogP contribution >= 0.6 is 12.6 Å². The van der Waals surface area contributed by atoms with Crippen molar-refractivity contribution in [2.45, 2.75) is 49.9 Å². The van der Waals surface area contributed by atoms with Gasteiger partial charge in [0.15, 0.2) is 0 Å². The van der Waals surface area contributed by atoms with Crippen LogP contribution < -0.4 is 27.4 Å². The first-order chi connectivity index (χ1) is 15.9. The summed E-state index contributed by atoms with van der Waals surface area (Å²) in [6.45, 7) is 0. The number of hydrogen-bond acceptors (Lipinski definition) is 9. The lowest BCUT2D eigenvalue weighted by molar-refractivity contribution is -0.142. The van der Waals surface area contributed by atoms with Crippen molar-refractivity contribution in [3.63, 3.8) is 0 Å². The van der Waals surface area contributed by atoms with E-state index in [0.29, 0.717) is 5.69 Å². The van der Waals surface area contributed by atoms with E-state index in [1.54, 1.807) is 0 Å². The Labute approximate surface area is 198 Å². The molecule has 0 fully saturated rings. The van der Waals surface area contributed by atoms with E-state index in [4.69, 9.17) is 16.6 Å². The quantitative estimate of drug-likeness (QED) is 0.107. The molecule has 4 amide bonds. The Hall–Kier alpha value is -3.66. The molecule has 0 aromatic carbocycles. The van der Waals surface area contributed by atoms with Gasteiger partial charge in [0.25, 0.3) is 0 Å². The van der Waals surface area contributed by atoms with Crippen molar-refractivity contribution in [1.82, 2.24) is 25.9 Å². The van der Waals surface area contributed by atoms with Crippen LogP contribution in [0.25, 0.3) is 0 Å². The Morgan fingerprint density at radius 2 is 1.59 bits per heavy atom. The van der Waals surface area contributed by atoms with Gasteiger partial charge in [-0.1, -0.05) is 0 Å². The molecule has 16 heteroatoms. The molecule has 4 unspecified atom stereocenters. The molecule has 0 spiro atoms. The van der Waals surface area contributed by atoms with E-state index < -0.39 is 66.2 Å². The van der Waals surface area contributed by atoms with Crippen molar-refractivity contribution in [2.24, 2.45) is 11.5 Å². The minimum Gasteiger partial charge on any atom is -0.481 e. The number of imidazole rings is 1. The van der Waals surface area contributed by atoms with Crippen LogP contribution in [0.2, 0.25) is 0 Å². The van der Waals surface area contributed by atoms with Gasteiger partial charge in [-0.3, -0.25) is 24.0 Å². The lowest BCUT2D eigenvalue weighted by Gasteiger charge is -2.24. The van der Waals surface area contributed by atoms with Gasteiger partial charge in [0.05, 0.1) is 18.8 Å². The van der Waals surface area contributed by atoms with Gasteiger partial charge in [0.1, 0.15) is 18.1 Å². The fraction of sp³-hybridized carbons (Fsp3) is 0.500. The number of thiol groups is 1. The van der Waals surface area contributed by atoms with Gasteiger partial charge in [-0.2, -0.15) is 12.6 Å². The predicted molar refractivity (Wildman–Crippen MR) is 118 cm³/mol. The van der Waals surface area contributed by atoms with Crippen molar-refractivity contribution < 1.29 is 39.0 Å². The standard InChI is InChI=1S/C18H27N7O8S/c19-9(4-14(27)28)15(29)25-12(6-34)17(31)23-10(1-2-13(20)26)16(30)24-11(18(32)33)3-8-5-21-7-22-8/h5,7,9-12,34H,1-4,6,19H2,(H2,20,26)(H,21,22)(H,23,31)(H,24,30)(H,25,29)(H,27,28)(H,32,33). The second-order valence-electron chi connectivity index (χ2n) is 7.19. The molecule has 0 aliphatic heterocycles. The largest absolute Gasteiger partial charge is 0.481 e. The van der Waals surface area contributed by atoms with E-state index in [1.807, 2.05) is 0 Å². The number of aromatic nitrogens is 2. The van der Waals surface area contributed by atoms with E-state index in [9.17, 15) is 33.9 Å². The Morgan fingerprint density at radius 1 is 1.00 bits per heavy atom. The molecule has 0 saturated carbocycles. The molecule has 1 rings (SSSR count). The number of rotatable bonds is 15. The van der Waals surface area contributed by atoms with Crippen LogP contribution in [-0.2, 0) is 35.2 Å². The first kappa shape index (κ1) is 28.4. The third kappa shape index (κ3) is 9.86. The first-order valence-electron chi connectivity index (χ1n) is 9.92.